The third-order valence-corrected chi connectivity index (χ3v) is 4.49. The number of imidazole rings is 1. The Bertz CT molecular complexity index is 869. The van der Waals surface area contributed by atoms with Gasteiger partial charge >= 0.3 is 0 Å². The fraction of sp³-hybridized carbons (Fsp3) is 0.318. The van der Waals surface area contributed by atoms with E-state index in [9.17, 15) is 5.11 Å². The number of ether oxygens (including phenoxy) is 1. The van der Waals surface area contributed by atoms with Crippen molar-refractivity contribution in [2.24, 2.45) is 0 Å². The number of aryl methyl sites for hydroxylation is 1. The fourth-order valence-corrected chi connectivity index (χ4v) is 3.14. The van der Waals surface area contributed by atoms with Gasteiger partial charge in [-0.05, 0) is 43.0 Å². The lowest BCUT2D eigenvalue weighted by molar-refractivity contribution is 0.158. The van der Waals surface area contributed by atoms with E-state index < -0.39 is 6.10 Å². The van der Waals surface area contributed by atoms with Crippen molar-refractivity contribution in [2.45, 2.75) is 38.8 Å². The van der Waals surface area contributed by atoms with Crippen LogP contribution < -0.4 is 4.74 Å². The smallest absolute Gasteiger partial charge is 0.138 e. The Morgan fingerprint density at radius 1 is 1.19 bits per heavy atom. The number of aliphatic hydroxyl groups excluding tert-OH is 1. The first-order valence-electron chi connectivity index (χ1n) is 9.19. The Hall–Kier alpha value is -2.59. The second-order valence-electron chi connectivity index (χ2n) is 6.34. The molecular weight excluding hydrogens is 324 g/mol. The lowest BCUT2D eigenvalue weighted by Gasteiger charge is -2.14. The van der Waals surface area contributed by atoms with E-state index >= 15 is 0 Å². The number of aromatic nitrogens is 2. The van der Waals surface area contributed by atoms with E-state index in [2.05, 4.69) is 28.3 Å². The number of allylic oxidation sites excluding steroid dienone is 1. The number of rotatable bonds is 9. The lowest BCUT2D eigenvalue weighted by atomic mass is 10.1. The lowest BCUT2D eigenvalue weighted by Crippen LogP contribution is -2.11. The summed E-state index contributed by atoms with van der Waals surface area (Å²) in [6.07, 6.45) is 3.63. The van der Waals surface area contributed by atoms with Gasteiger partial charge in [0, 0.05) is 6.54 Å². The van der Waals surface area contributed by atoms with Crippen LogP contribution in [0.1, 0.15) is 37.3 Å². The Morgan fingerprint density at radius 2 is 1.96 bits per heavy atom. The van der Waals surface area contributed by atoms with E-state index in [1.54, 1.807) is 0 Å². The predicted octanol–water partition coefficient (Wildman–Crippen LogP) is 4.68. The minimum atomic E-state index is -0.545. The Morgan fingerprint density at radius 3 is 2.77 bits per heavy atom. The van der Waals surface area contributed by atoms with Crippen molar-refractivity contribution >= 4 is 11.0 Å². The molecule has 1 aromatic heterocycles. The molecule has 3 rings (SSSR count). The summed E-state index contributed by atoms with van der Waals surface area (Å²) in [7, 11) is 0. The summed E-state index contributed by atoms with van der Waals surface area (Å²) < 4.78 is 8.10. The maximum Gasteiger partial charge on any atom is 0.138 e. The molecule has 0 amide bonds. The maximum absolute atomic E-state index is 10.3. The van der Waals surface area contributed by atoms with E-state index in [4.69, 9.17) is 4.74 Å². The number of benzene rings is 2. The minimum Gasteiger partial charge on any atom is -0.493 e. The molecule has 0 aliphatic heterocycles. The third kappa shape index (κ3) is 3.97. The molecule has 0 fully saturated rings. The van der Waals surface area contributed by atoms with Crippen LogP contribution in [0, 0.1) is 0 Å². The van der Waals surface area contributed by atoms with Gasteiger partial charge < -0.3 is 14.4 Å². The second kappa shape index (κ2) is 8.68. The molecule has 0 saturated heterocycles. The van der Waals surface area contributed by atoms with Crippen LogP contribution in [0.2, 0.25) is 0 Å². The van der Waals surface area contributed by atoms with Gasteiger partial charge in [0.15, 0.2) is 0 Å². The minimum absolute atomic E-state index is 0.545. The molecule has 26 heavy (non-hydrogen) atoms. The van der Waals surface area contributed by atoms with Crippen LogP contribution in [-0.4, -0.2) is 21.3 Å². The van der Waals surface area contributed by atoms with Crippen molar-refractivity contribution in [3.05, 3.63) is 72.6 Å². The molecule has 4 heteroatoms. The fourth-order valence-electron chi connectivity index (χ4n) is 3.14. The van der Waals surface area contributed by atoms with E-state index in [1.165, 1.54) is 0 Å². The normalized spacial score (nSPS) is 12.2. The van der Waals surface area contributed by atoms with E-state index in [-0.39, 0.29) is 0 Å². The summed E-state index contributed by atoms with van der Waals surface area (Å²) >= 11 is 0. The molecule has 0 radical (unpaired) electrons. The largest absolute Gasteiger partial charge is 0.493 e. The summed E-state index contributed by atoms with van der Waals surface area (Å²) in [5.74, 6) is 1.65. The van der Waals surface area contributed by atoms with Crippen LogP contribution in [0.15, 0.2) is 61.2 Å². The van der Waals surface area contributed by atoms with Gasteiger partial charge in [-0.25, -0.2) is 4.98 Å². The first-order chi connectivity index (χ1) is 12.7. The summed E-state index contributed by atoms with van der Waals surface area (Å²) in [6, 6.07) is 16.1. The van der Waals surface area contributed by atoms with Crippen molar-refractivity contribution in [1.29, 1.82) is 0 Å². The molecule has 1 heterocycles. The quantitative estimate of drug-likeness (QED) is 0.450. The van der Waals surface area contributed by atoms with E-state index in [0.717, 1.165) is 47.6 Å². The number of fused-ring (bicyclic) bond motifs is 1. The molecule has 0 aliphatic carbocycles. The van der Waals surface area contributed by atoms with Crippen molar-refractivity contribution in [3.8, 4) is 5.75 Å². The van der Waals surface area contributed by atoms with Gasteiger partial charge in [0.05, 0.1) is 17.6 Å². The van der Waals surface area contributed by atoms with Crippen LogP contribution >= 0.6 is 0 Å². The zero-order chi connectivity index (χ0) is 18.4. The number of para-hydroxylation sites is 3. The average Bonchev–Trinajstić information content (AvgIpc) is 3.04. The summed E-state index contributed by atoms with van der Waals surface area (Å²) in [4.78, 5) is 4.62. The highest BCUT2D eigenvalue weighted by atomic mass is 16.5. The molecule has 1 N–H and O–H groups in total. The number of nitrogens with zero attached hydrogens (tertiary/aromatic N) is 2. The van der Waals surface area contributed by atoms with Gasteiger partial charge in [-0.2, -0.15) is 0 Å². The molecule has 2 aromatic carbocycles. The summed E-state index contributed by atoms with van der Waals surface area (Å²) in [6.45, 7) is 7.14. The first kappa shape index (κ1) is 18.2. The summed E-state index contributed by atoms with van der Waals surface area (Å²) in [5.41, 5.74) is 3.13. The highest BCUT2D eigenvalue weighted by Gasteiger charge is 2.16. The molecule has 0 bridgehead atoms. The van der Waals surface area contributed by atoms with Gasteiger partial charge in [0.1, 0.15) is 17.7 Å². The van der Waals surface area contributed by atoms with Crippen LogP contribution in [0.25, 0.3) is 11.0 Å². The predicted molar refractivity (Wildman–Crippen MR) is 105 cm³/mol. The third-order valence-electron chi connectivity index (χ3n) is 4.49. The van der Waals surface area contributed by atoms with Crippen molar-refractivity contribution in [2.75, 3.05) is 6.61 Å². The van der Waals surface area contributed by atoms with E-state index in [1.807, 2.05) is 49.4 Å². The van der Waals surface area contributed by atoms with Crippen molar-refractivity contribution in [1.82, 2.24) is 9.55 Å². The average molecular weight is 350 g/mol. The van der Waals surface area contributed by atoms with Gasteiger partial charge in [0.25, 0.3) is 0 Å². The van der Waals surface area contributed by atoms with Gasteiger partial charge in [-0.3, -0.25) is 0 Å². The number of aliphatic hydroxyl groups is 1. The van der Waals surface area contributed by atoms with Crippen LogP contribution in [-0.2, 0) is 13.0 Å². The second-order valence-corrected chi connectivity index (χ2v) is 6.34. The van der Waals surface area contributed by atoms with Crippen LogP contribution in [0.3, 0.4) is 0 Å². The Kier molecular flexibility index (Phi) is 6.08. The first-order valence-corrected chi connectivity index (χ1v) is 9.19. The number of hydrogen-bond donors (Lipinski definition) is 1. The number of hydrogen-bond acceptors (Lipinski definition) is 3. The molecule has 4 nitrogen and oxygen atoms in total. The molecule has 0 saturated carbocycles. The Labute approximate surface area is 154 Å². The molecule has 0 aliphatic rings. The molecule has 0 spiro atoms. The zero-order valence-corrected chi connectivity index (χ0v) is 15.3. The Balaban J connectivity index is 1.69. The van der Waals surface area contributed by atoms with Crippen LogP contribution in [0.4, 0.5) is 0 Å². The molecular formula is C22H26N2O2. The highest BCUT2D eigenvalue weighted by Crippen LogP contribution is 2.23. The van der Waals surface area contributed by atoms with E-state index in [0.29, 0.717) is 13.0 Å². The van der Waals surface area contributed by atoms with Gasteiger partial charge in [-0.1, -0.05) is 43.3 Å². The molecule has 3 aromatic rings. The monoisotopic (exact) mass is 350 g/mol. The standard InChI is InChI=1S/C22H26N2O2/c1-3-10-17-11-5-8-14-21(17)26-16-9-15-24-19-13-7-6-12-18(19)23-22(24)20(25)4-2/h3,5-8,11-14,20,25H,1,4,9-10,15-16H2,2H3/t20-/m1/s1. The van der Waals surface area contributed by atoms with Gasteiger partial charge in [0.2, 0.25) is 0 Å². The topological polar surface area (TPSA) is 47.3 Å². The molecule has 1 atom stereocenters. The molecule has 0 unspecified atom stereocenters. The van der Waals surface area contributed by atoms with Crippen molar-refractivity contribution < 1.29 is 9.84 Å². The van der Waals surface area contributed by atoms with Crippen LogP contribution in [0.5, 0.6) is 5.75 Å². The van der Waals surface area contributed by atoms with Crippen molar-refractivity contribution in [3.63, 3.8) is 0 Å². The zero-order valence-electron chi connectivity index (χ0n) is 15.3. The highest BCUT2D eigenvalue weighted by molar-refractivity contribution is 5.76. The maximum atomic E-state index is 10.3. The molecule has 136 valence electrons. The van der Waals surface area contributed by atoms with Gasteiger partial charge in [-0.15, -0.1) is 6.58 Å². The summed E-state index contributed by atoms with van der Waals surface area (Å²) in [5, 5.41) is 10.3. The SMILES string of the molecule is C=CCc1ccccc1OCCCn1c([C@H](O)CC)nc2ccccc21.